The van der Waals surface area contributed by atoms with Crippen molar-refractivity contribution >= 4 is 18.1 Å². The van der Waals surface area contributed by atoms with E-state index in [1.54, 1.807) is 33.2 Å². The van der Waals surface area contributed by atoms with Gasteiger partial charge in [0.2, 0.25) is 5.95 Å². The number of hydrogen-bond acceptors (Lipinski definition) is 10. The van der Waals surface area contributed by atoms with E-state index in [1.807, 2.05) is 6.92 Å². The lowest BCUT2D eigenvalue weighted by Crippen LogP contribution is -2.46. The number of carbonyl (C=O) groups is 1. The lowest BCUT2D eigenvalue weighted by molar-refractivity contribution is 0.0512. The van der Waals surface area contributed by atoms with Crippen LogP contribution in [0.3, 0.4) is 0 Å². The van der Waals surface area contributed by atoms with Crippen LogP contribution in [0, 0.1) is 23.0 Å². The molecule has 4 heterocycles. The minimum atomic E-state index is -0.654. The molecule has 1 amide bonds. The third-order valence-electron chi connectivity index (χ3n) is 9.48. The lowest BCUT2D eigenvalue weighted by atomic mass is 9.77. The number of carbonyl (C=O) groups excluding carboxylic acids is 1. The van der Waals surface area contributed by atoms with Gasteiger partial charge < -0.3 is 29.1 Å². The normalized spacial score (nSPS) is 24.2. The topological polar surface area (TPSA) is 119 Å². The van der Waals surface area contributed by atoms with E-state index in [4.69, 9.17) is 14.0 Å². The Labute approximate surface area is 268 Å². The summed E-state index contributed by atoms with van der Waals surface area (Å²) in [5.41, 5.74) is -0.843. The smallest absolute Gasteiger partial charge is 0.407 e. The van der Waals surface area contributed by atoms with Gasteiger partial charge in [0.25, 0.3) is 0 Å². The highest BCUT2D eigenvalue weighted by Gasteiger charge is 2.63. The van der Waals surface area contributed by atoms with Crippen LogP contribution >= 0.6 is 0 Å². The van der Waals surface area contributed by atoms with Gasteiger partial charge in [-0.3, -0.25) is 0 Å². The molecule has 3 aliphatic rings. The van der Waals surface area contributed by atoms with E-state index in [-0.39, 0.29) is 18.1 Å². The van der Waals surface area contributed by atoms with Gasteiger partial charge in [-0.15, -0.1) is 0 Å². The van der Waals surface area contributed by atoms with Gasteiger partial charge in [0, 0.05) is 44.1 Å². The summed E-state index contributed by atoms with van der Waals surface area (Å²) < 4.78 is 46.4. The average molecular weight is 640 g/mol. The van der Waals surface area contributed by atoms with Crippen molar-refractivity contribution in [1.82, 2.24) is 25.4 Å². The number of piperidine rings is 2. The van der Waals surface area contributed by atoms with E-state index in [0.717, 1.165) is 38.4 Å². The molecular formula is C33H43F2N7O4. The third kappa shape index (κ3) is 6.87. The molecule has 1 N–H and O–H groups in total. The Balaban J connectivity index is 1.10. The summed E-state index contributed by atoms with van der Waals surface area (Å²) in [6.45, 7) is 12.1. The number of nitrogens with one attached hydrogen (secondary N) is 1. The van der Waals surface area contributed by atoms with Crippen LogP contribution < -0.4 is 19.9 Å². The number of amides is 1. The number of hydrogen-bond donors (Lipinski definition) is 1. The van der Waals surface area contributed by atoms with Crippen molar-refractivity contribution in [2.75, 3.05) is 36.0 Å². The zero-order valence-electron chi connectivity index (χ0n) is 27.1. The minimum absolute atomic E-state index is 0.0307. The molecule has 248 valence electrons. The highest BCUT2D eigenvalue weighted by Crippen LogP contribution is 2.60. The summed E-state index contributed by atoms with van der Waals surface area (Å²) in [7, 11) is 0. The fraction of sp³-hybridized carbons (Fsp3) is 0.606. The number of benzene rings is 1. The van der Waals surface area contributed by atoms with Crippen LogP contribution in [0.15, 0.2) is 35.1 Å². The quantitative estimate of drug-likeness (QED) is 0.331. The summed E-state index contributed by atoms with van der Waals surface area (Å²) in [5, 5.41) is 6.98. The second kappa shape index (κ2) is 12.6. The fourth-order valence-electron chi connectivity index (χ4n) is 6.98. The molecule has 2 saturated heterocycles. The molecule has 2 aromatic heterocycles. The number of anilines is 2. The van der Waals surface area contributed by atoms with Gasteiger partial charge in [0.1, 0.15) is 17.2 Å². The molecule has 1 aliphatic carbocycles. The second-order valence-electron chi connectivity index (χ2n) is 13.8. The van der Waals surface area contributed by atoms with Gasteiger partial charge in [-0.1, -0.05) is 12.1 Å². The maximum absolute atomic E-state index is 15.0. The Kier molecular flexibility index (Phi) is 8.77. The first-order chi connectivity index (χ1) is 21.9. The van der Waals surface area contributed by atoms with Crippen LogP contribution in [0.2, 0.25) is 0 Å². The van der Waals surface area contributed by atoms with Crippen molar-refractivity contribution < 1.29 is 27.6 Å². The van der Waals surface area contributed by atoms with Gasteiger partial charge >= 0.3 is 12.1 Å². The van der Waals surface area contributed by atoms with Crippen LogP contribution in [0.25, 0.3) is 0 Å². The zero-order chi connectivity index (χ0) is 32.6. The summed E-state index contributed by atoms with van der Waals surface area (Å²) >= 11 is 0. The lowest BCUT2D eigenvalue weighted by Gasteiger charge is -2.40. The highest BCUT2D eigenvalue weighted by molar-refractivity contribution is 5.69. The number of halogens is 2. The van der Waals surface area contributed by atoms with E-state index in [2.05, 4.69) is 42.1 Å². The minimum Gasteiger partial charge on any atom is -0.487 e. The second-order valence-corrected chi connectivity index (χ2v) is 13.8. The van der Waals surface area contributed by atoms with Crippen molar-refractivity contribution in [2.45, 2.75) is 90.4 Å². The van der Waals surface area contributed by atoms with Crippen molar-refractivity contribution in [2.24, 2.45) is 11.3 Å². The van der Waals surface area contributed by atoms with Crippen molar-refractivity contribution in [3.63, 3.8) is 0 Å². The number of ether oxygens (including phenoxy) is 2. The summed E-state index contributed by atoms with van der Waals surface area (Å²) in [6, 6.07) is 3.90. The van der Waals surface area contributed by atoms with Crippen LogP contribution in [0.1, 0.15) is 77.6 Å². The Hall–Kier alpha value is -4.03. The highest BCUT2D eigenvalue weighted by atomic mass is 19.1. The number of aryl methyl sites for hydroxylation is 1. The number of nitrogens with zero attached hydrogens (tertiary/aromatic N) is 6. The summed E-state index contributed by atoms with van der Waals surface area (Å²) in [5.74, 6) is 0.970. The molecule has 1 spiro atoms. The largest absolute Gasteiger partial charge is 0.487 e. The molecule has 3 fully saturated rings. The molecule has 46 heavy (non-hydrogen) atoms. The van der Waals surface area contributed by atoms with Gasteiger partial charge in [0.15, 0.2) is 11.6 Å². The Morgan fingerprint density at radius 3 is 2.52 bits per heavy atom. The molecule has 0 bridgehead atoms. The molecule has 2 unspecified atom stereocenters. The first kappa shape index (κ1) is 31.9. The van der Waals surface area contributed by atoms with E-state index < -0.39 is 28.7 Å². The van der Waals surface area contributed by atoms with Crippen LogP contribution in [-0.4, -0.2) is 70.1 Å². The van der Waals surface area contributed by atoms with E-state index in [0.29, 0.717) is 60.9 Å². The molecule has 0 radical (unpaired) electrons. The van der Waals surface area contributed by atoms with Gasteiger partial charge in [0.05, 0.1) is 18.5 Å². The first-order valence-corrected chi connectivity index (χ1v) is 16.2. The predicted octanol–water partition coefficient (Wildman–Crippen LogP) is 5.66. The first-order valence-electron chi connectivity index (χ1n) is 16.2. The summed E-state index contributed by atoms with van der Waals surface area (Å²) in [6.07, 6.45) is 6.59. The van der Waals surface area contributed by atoms with Crippen molar-refractivity contribution in [3.8, 4) is 5.75 Å². The predicted molar refractivity (Wildman–Crippen MR) is 167 cm³/mol. The molecule has 1 aromatic carbocycles. The van der Waals surface area contributed by atoms with E-state index in [1.165, 1.54) is 12.1 Å². The van der Waals surface area contributed by atoms with Crippen molar-refractivity contribution in [1.29, 1.82) is 0 Å². The third-order valence-corrected chi connectivity index (χ3v) is 9.48. The molecule has 3 aromatic rings. The fourth-order valence-corrected chi connectivity index (χ4v) is 6.98. The number of rotatable bonds is 8. The maximum atomic E-state index is 15.0. The SMILES string of the molecule is CCc1noc(N2CCC([C@H](C)Oc3cnc(N4CC[C@H](c5cc(F)ccc5F)C5(CC5NC(=O)OC(C)(C)C)C4)nc3)CC2)n1. The molecule has 1 saturated carbocycles. The molecule has 11 nitrogen and oxygen atoms in total. The van der Waals surface area contributed by atoms with E-state index in [9.17, 15) is 9.18 Å². The maximum Gasteiger partial charge on any atom is 0.407 e. The average Bonchev–Trinajstić information content (AvgIpc) is 3.43. The molecule has 6 rings (SSSR count). The Morgan fingerprint density at radius 2 is 1.85 bits per heavy atom. The molecule has 4 atom stereocenters. The van der Waals surface area contributed by atoms with Crippen LogP contribution in [-0.2, 0) is 11.2 Å². The molecule has 2 aliphatic heterocycles. The molecule has 13 heteroatoms. The van der Waals surface area contributed by atoms with Crippen LogP contribution in [0.5, 0.6) is 5.75 Å². The van der Waals surface area contributed by atoms with E-state index >= 15 is 4.39 Å². The monoisotopic (exact) mass is 639 g/mol. The van der Waals surface area contributed by atoms with Crippen LogP contribution in [0.4, 0.5) is 25.5 Å². The standard InChI is InChI=1S/C33H43F2N7O4/c1-6-28-39-30(46-40-28)41-12-9-21(10-13-41)20(2)44-23-17-36-29(37-18-23)42-14-11-25(24-15-22(34)7-8-26(24)35)33(19-42)16-27(33)38-31(43)45-32(3,4)5/h7-8,15,17-18,20-21,25,27H,6,9-14,16,19H2,1-5H3,(H,38,43)/t20-,25+,27?,33?/m0/s1. The van der Waals surface area contributed by atoms with Gasteiger partial charge in [-0.05, 0) is 89.0 Å². The van der Waals surface area contributed by atoms with Gasteiger partial charge in [-0.2, -0.15) is 4.98 Å². The zero-order valence-corrected chi connectivity index (χ0v) is 27.1. The number of aromatic nitrogens is 4. The summed E-state index contributed by atoms with van der Waals surface area (Å²) in [4.78, 5) is 30.5. The Morgan fingerprint density at radius 1 is 1.13 bits per heavy atom. The van der Waals surface area contributed by atoms with Gasteiger partial charge in [-0.25, -0.2) is 23.5 Å². The Bertz CT molecular complexity index is 1520. The van der Waals surface area contributed by atoms with Crippen molar-refractivity contribution in [3.05, 3.63) is 53.6 Å². The number of alkyl carbamates (subject to hydrolysis) is 1. The molecular weight excluding hydrogens is 596 g/mol.